The zero-order valence-corrected chi connectivity index (χ0v) is 40.4. The molecular weight excluding hydrogens is 911 g/mol. The van der Waals surface area contributed by atoms with Gasteiger partial charge in [0.25, 0.3) is 17.7 Å². The van der Waals surface area contributed by atoms with Crippen molar-refractivity contribution >= 4 is 62.3 Å². The van der Waals surface area contributed by atoms with E-state index in [0.717, 1.165) is 90.9 Å². The molecule has 4 aromatic rings. The van der Waals surface area contributed by atoms with Crippen LogP contribution in [0.25, 0.3) is 0 Å². The number of hydrogen-bond donors (Lipinski definition) is 3. The highest BCUT2D eigenvalue weighted by Crippen LogP contribution is 2.39. The minimum absolute atomic E-state index is 0.0398. The average molecular weight is 970 g/mol. The van der Waals surface area contributed by atoms with E-state index in [1.807, 2.05) is 29.6 Å². The number of methoxy groups -OCH3 is 1. The van der Waals surface area contributed by atoms with Gasteiger partial charge in [-0.15, -0.1) is 11.3 Å². The van der Waals surface area contributed by atoms with Crippen LogP contribution < -0.4 is 30.2 Å². The molecular formula is C50H59N5O11S2. The lowest BCUT2D eigenvalue weighted by Crippen LogP contribution is -2.52. The first kappa shape index (κ1) is 49.8. The molecule has 0 saturated carbocycles. The molecule has 2 atom stereocenters. The highest BCUT2D eigenvalue weighted by molar-refractivity contribution is 7.90. The fourth-order valence-electron chi connectivity index (χ4n) is 8.88. The second-order valence-corrected chi connectivity index (χ2v) is 20.5. The number of fused-ring (bicyclic) bond motifs is 2. The summed E-state index contributed by atoms with van der Waals surface area (Å²) in [6.07, 6.45) is 9.94. The van der Waals surface area contributed by atoms with Crippen molar-refractivity contribution in [1.82, 2.24) is 20.4 Å². The smallest absolute Gasteiger partial charge is 0.264 e. The lowest BCUT2D eigenvalue weighted by atomic mass is 10.0. The van der Waals surface area contributed by atoms with Crippen LogP contribution >= 0.6 is 11.3 Å². The third-order valence-corrected chi connectivity index (χ3v) is 14.3. The average Bonchev–Trinajstić information content (AvgIpc) is 3.95. The topological polar surface area (TPSA) is 207 Å². The second kappa shape index (κ2) is 22.8. The maximum absolute atomic E-state index is 14.0. The summed E-state index contributed by atoms with van der Waals surface area (Å²) in [5.41, 5.74) is 3.38. The monoisotopic (exact) mass is 969 g/mol. The number of rotatable bonds is 25. The SMILES string of the molecule is CCOc1cc([C@@H](CS(C)(=O)=O)N2C(=O)c3cccc(NC(=O)CCCCCCCCCCNCc4ccc(OCc5scc6c5CN(C5CCC(=O)NC5=O)C6=O)cc4)c3C2=O)ccc1OC. The number of sulfone groups is 1. The number of piperidine rings is 1. The summed E-state index contributed by atoms with van der Waals surface area (Å²) in [5, 5.41) is 10.5. The number of amides is 6. The quantitative estimate of drug-likeness (QED) is 0.0449. The highest BCUT2D eigenvalue weighted by Gasteiger charge is 2.44. The molecule has 4 heterocycles. The predicted octanol–water partition coefficient (Wildman–Crippen LogP) is 7.12. The van der Waals surface area contributed by atoms with Crippen molar-refractivity contribution in [3.05, 3.63) is 104 Å². The summed E-state index contributed by atoms with van der Waals surface area (Å²) >= 11 is 1.48. The summed E-state index contributed by atoms with van der Waals surface area (Å²) < 4.78 is 42.3. The Bertz CT molecular complexity index is 2630. The molecule has 18 heteroatoms. The number of anilines is 1. The van der Waals surface area contributed by atoms with Gasteiger partial charge in [-0.3, -0.25) is 39.0 Å². The predicted molar refractivity (Wildman–Crippen MR) is 257 cm³/mol. The number of ether oxygens (including phenoxy) is 3. The Morgan fingerprint density at radius 3 is 2.31 bits per heavy atom. The van der Waals surface area contributed by atoms with Crippen molar-refractivity contribution in [2.24, 2.45) is 0 Å². The van der Waals surface area contributed by atoms with Gasteiger partial charge in [-0.05, 0) is 80.3 Å². The van der Waals surface area contributed by atoms with Crippen LogP contribution in [0.3, 0.4) is 0 Å². The molecule has 1 aromatic heterocycles. The fraction of sp³-hybridized carbons (Fsp3) is 0.440. The summed E-state index contributed by atoms with van der Waals surface area (Å²) in [6, 6.07) is 15.6. The highest BCUT2D eigenvalue weighted by atomic mass is 32.2. The lowest BCUT2D eigenvalue weighted by Gasteiger charge is -2.29. The van der Waals surface area contributed by atoms with Gasteiger partial charge < -0.3 is 29.7 Å². The third-order valence-electron chi connectivity index (χ3n) is 12.4. The van der Waals surface area contributed by atoms with Crippen LogP contribution in [-0.2, 0) is 43.9 Å². The van der Waals surface area contributed by atoms with Crippen LogP contribution in [0.15, 0.2) is 66.0 Å². The summed E-state index contributed by atoms with van der Waals surface area (Å²) in [4.78, 5) is 81.2. The Kier molecular flexibility index (Phi) is 16.7. The first-order valence-corrected chi connectivity index (χ1v) is 26.2. The van der Waals surface area contributed by atoms with Gasteiger partial charge >= 0.3 is 0 Å². The van der Waals surface area contributed by atoms with Crippen molar-refractivity contribution in [3.8, 4) is 17.2 Å². The molecule has 3 aliphatic rings. The molecule has 68 heavy (non-hydrogen) atoms. The molecule has 3 aromatic carbocycles. The van der Waals surface area contributed by atoms with E-state index in [1.165, 1.54) is 24.5 Å². The molecule has 0 aliphatic carbocycles. The minimum Gasteiger partial charge on any atom is -0.493 e. The molecule has 6 amide bonds. The van der Waals surface area contributed by atoms with Crippen molar-refractivity contribution in [2.75, 3.05) is 37.6 Å². The van der Waals surface area contributed by atoms with Crippen LogP contribution in [0, 0.1) is 0 Å². The number of carbonyl (C=O) groups is 6. The molecule has 0 bridgehead atoms. The molecule has 1 fully saturated rings. The van der Waals surface area contributed by atoms with E-state index in [4.69, 9.17) is 14.2 Å². The number of imide groups is 2. The summed E-state index contributed by atoms with van der Waals surface area (Å²) in [6.45, 7) is 4.42. The van der Waals surface area contributed by atoms with Crippen molar-refractivity contribution in [1.29, 1.82) is 0 Å². The molecule has 16 nitrogen and oxygen atoms in total. The number of thiophene rings is 1. The van der Waals surface area contributed by atoms with E-state index in [0.29, 0.717) is 55.2 Å². The van der Waals surface area contributed by atoms with E-state index < -0.39 is 45.4 Å². The van der Waals surface area contributed by atoms with Gasteiger partial charge in [-0.25, -0.2) is 8.42 Å². The van der Waals surface area contributed by atoms with Gasteiger partial charge in [-0.1, -0.05) is 62.8 Å². The minimum atomic E-state index is -3.67. The normalized spacial score (nSPS) is 16.2. The molecule has 3 N–H and O–H groups in total. The van der Waals surface area contributed by atoms with Crippen LogP contribution in [0.2, 0.25) is 0 Å². The standard InChI is InChI=1S/C50H59N5O11S2/c1-4-65-42-26-33(19-23-41(42)64-2)40(31-68(3,62)63)55-49(60)35-14-13-15-38(46(35)50(55)61)52-44(56)16-11-9-7-5-6-8-10-12-25-51-27-32-17-20-34(21-18-32)66-29-43-36-28-54(48(59)37(36)30-67-43)39-22-24-45(57)53-47(39)58/h13-15,17-21,23,26,30,39-40,51H,4-12,16,22,24-25,27-29,31H2,1-3H3,(H,52,56)(H,53,57,58)/t39?,40-/m1/s1. The molecule has 0 radical (unpaired) electrons. The molecule has 362 valence electrons. The van der Waals surface area contributed by atoms with E-state index >= 15 is 0 Å². The number of hydrogen-bond acceptors (Lipinski definition) is 13. The van der Waals surface area contributed by atoms with E-state index in [9.17, 15) is 37.2 Å². The van der Waals surface area contributed by atoms with Gasteiger partial charge in [0.1, 0.15) is 28.2 Å². The molecule has 3 aliphatic heterocycles. The third kappa shape index (κ3) is 12.1. The number of benzene rings is 3. The molecule has 1 unspecified atom stereocenters. The molecule has 1 saturated heterocycles. The van der Waals surface area contributed by atoms with Gasteiger partial charge in [0.15, 0.2) is 11.5 Å². The number of unbranched alkanes of at least 4 members (excludes halogenated alkanes) is 7. The number of carbonyl (C=O) groups excluding carboxylic acids is 6. The maximum Gasteiger partial charge on any atom is 0.264 e. The fourth-order valence-corrected chi connectivity index (χ4v) is 10.7. The largest absolute Gasteiger partial charge is 0.493 e. The van der Waals surface area contributed by atoms with Crippen LogP contribution in [0.1, 0.15) is 136 Å². The zero-order valence-electron chi connectivity index (χ0n) is 38.7. The Morgan fingerprint density at radius 1 is 0.868 bits per heavy atom. The lowest BCUT2D eigenvalue weighted by molar-refractivity contribution is -0.137. The summed E-state index contributed by atoms with van der Waals surface area (Å²) in [7, 11) is -2.19. The Hall–Kier alpha value is -6.11. The van der Waals surface area contributed by atoms with Crippen LogP contribution in [-0.4, -0.2) is 92.0 Å². The van der Waals surface area contributed by atoms with E-state index in [-0.39, 0.29) is 47.4 Å². The molecule has 7 rings (SSSR count). The van der Waals surface area contributed by atoms with Gasteiger partial charge in [0.05, 0.1) is 47.9 Å². The summed E-state index contributed by atoms with van der Waals surface area (Å²) in [5.74, 6) is -1.50. The first-order valence-electron chi connectivity index (χ1n) is 23.2. The van der Waals surface area contributed by atoms with Crippen molar-refractivity contribution in [2.45, 2.75) is 109 Å². The Morgan fingerprint density at radius 2 is 1.60 bits per heavy atom. The van der Waals surface area contributed by atoms with Gasteiger partial charge in [-0.2, -0.15) is 0 Å². The van der Waals surface area contributed by atoms with Crippen molar-refractivity contribution in [3.63, 3.8) is 0 Å². The van der Waals surface area contributed by atoms with Crippen LogP contribution in [0.5, 0.6) is 17.2 Å². The zero-order chi connectivity index (χ0) is 48.4. The number of nitrogens with zero attached hydrogens (tertiary/aromatic N) is 2. The second-order valence-electron chi connectivity index (χ2n) is 17.3. The maximum atomic E-state index is 14.0. The Labute approximate surface area is 401 Å². The Balaban J connectivity index is 0.760. The first-order chi connectivity index (χ1) is 32.8. The van der Waals surface area contributed by atoms with Crippen molar-refractivity contribution < 1.29 is 51.4 Å². The molecule has 0 spiro atoms. The van der Waals surface area contributed by atoms with E-state index in [1.54, 1.807) is 42.2 Å². The van der Waals surface area contributed by atoms with Gasteiger partial charge in [0.2, 0.25) is 17.7 Å². The number of nitrogens with one attached hydrogen (secondary N) is 3. The van der Waals surface area contributed by atoms with E-state index in [2.05, 4.69) is 16.0 Å². The van der Waals surface area contributed by atoms with Gasteiger partial charge in [0, 0.05) is 48.0 Å². The van der Waals surface area contributed by atoms with Crippen LogP contribution in [0.4, 0.5) is 5.69 Å².